The molecule has 2 fully saturated rings. The Balaban J connectivity index is 1.49. The maximum absolute atomic E-state index is 12.0. The van der Waals surface area contributed by atoms with Gasteiger partial charge in [0.2, 0.25) is 0 Å². The molecule has 5 heteroatoms. The molecule has 1 amide bonds. The predicted molar refractivity (Wildman–Crippen MR) is 78.1 cm³/mol. The van der Waals surface area contributed by atoms with Crippen molar-refractivity contribution in [2.45, 2.75) is 25.0 Å². The number of amides is 1. The molecule has 2 atom stereocenters. The lowest BCUT2D eigenvalue weighted by Crippen LogP contribution is -2.50. The maximum atomic E-state index is 12.0. The molecular weight excluding hydrogens is 276 g/mol. The van der Waals surface area contributed by atoms with Crippen molar-refractivity contribution < 1.29 is 9.53 Å². The van der Waals surface area contributed by atoms with Crippen LogP contribution in [0.15, 0.2) is 24.3 Å². The van der Waals surface area contributed by atoms with Gasteiger partial charge in [-0.05, 0) is 43.7 Å². The number of hydrogen-bond donors (Lipinski definition) is 1. The van der Waals surface area contributed by atoms with Gasteiger partial charge in [0, 0.05) is 29.7 Å². The van der Waals surface area contributed by atoms with E-state index in [9.17, 15) is 4.79 Å². The molecule has 1 aromatic carbocycles. The summed E-state index contributed by atoms with van der Waals surface area (Å²) >= 11 is 5.81. The Hall–Kier alpha value is -1.10. The smallest absolute Gasteiger partial charge is 0.251 e. The summed E-state index contributed by atoms with van der Waals surface area (Å²) in [6.45, 7) is 3.44. The van der Waals surface area contributed by atoms with Crippen molar-refractivity contribution >= 4 is 17.5 Å². The van der Waals surface area contributed by atoms with Gasteiger partial charge in [-0.15, -0.1) is 0 Å². The molecule has 2 aliphatic heterocycles. The number of ether oxygens (including phenoxy) is 1. The van der Waals surface area contributed by atoms with E-state index in [2.05, 4.69) is 10.2 Å². The fourth-order valence-electron chi connectivity index (χ4n) is 2.92. The highest BCUT2D eigenvalue weighted by atomic mass is 35.5. The number of hydrogen-bond acceptors (Lipinski definition) is 3. The second-order valence-corrected chi connectivity index (χ2v) is 5.90. The quantitative estimate of drug-likeness (QED) is 0.926. The number of morpholine rings is 1. The van der Waals surface area contributed by atoms with Gasteiger partial charge in [0.15, 0.2) is 0 Å². The molecule has 0 saturated carbocycles. The van der Waals surface area contributed by atoms with Gasteiger partial charge >= 0.3 is 0 Å². The van der Waals surface area contributed by atoms with E-state index in [0.29, 0.717) is 23.2 Å². The zero-order valence-electron chi connectivity index (χ0n) is 11.3. The molecule has 0 radical (unpaired) electrons. The van der Waals surface area contributed by atoms with Gasteiger partial charge in [-0.3, -0.25) is 9.69 Å². The van der Waals surface area contributed by atoms with Crippen molar-refractivity contribution in [2.75, 3.05) is 26.2 Å². The van der Waals surface area contributed by atoms with Crippen LogP contribution >= 0.6 is 11.6 Å². The van der Waals surface area contributed by atoms with Gasteiger partial charge in [-0.25, -0.2) is 0 Å². The van der Waals surface area contributed by atoms with E-state index < -0.39 is 0 Å². The van der Waals surface area contributed by atoms with E-state index in [1.165, 1.54) is 12.8 Å². The topological polar surface area (TPSA) is 41.6 Å². The SMILES string of the molecule is O=C(NC[C@@H]1CN2CCC[C@@H]2CO1)c1ccc(Cl)cc1. The molecule has 2 heterocycles. The van der Waals surface area contributed by atoms with E-state index in [-0.39, 0.29) is 12.0 Å². The van der Waals surface area contributed by atoms with Crippen LogP contribution in [-0.2, 0) is 4.74 Å². The van der Waals surface area contributed by atoms with Crippen LogP contribution in [0.4, 0.5) is 0 Å². The minimum atomic E-state index is -0.0752. The molecule has 3 rings (SSSR count). The zero-order valence-corrected chi connectivity index (χ0v) is 12.1. The summed E-state index contributed by atoms with van der Waals surface area (Å²) in [6, 6.07) is 7.51. The van der Waals surface area contributed by atoms with Gasteiger partial charge in [-0.1, -0.05) is 11.6 Å². The van der Waals surface area contributed by atoms with E-state index in [1.54, 1.807) is 24.3 Å². The Morgan fingerprint density at radius 2 is 2.20 bits per heavy atom. The second-order valence-electron chi connectivity index (χ2n) is 5.46. The Labute approximate surface area is 124 Å². The Kier molecular flexibility index (Phi) is 4.24. The summed E-state index contributed by atoms with van der Waals surface area (Å²) < 4.78 is 5.82. The fourth-order valence-corrected chi connectivity index (χ4v) is 3.04. The van der Waals surface area contributed by atoms with Crippen LogP contribution < -0.4 is 5.32 Å². The third kappa shape index (κ3) is 3.14. The highest BCUT2D eigenvalue weighted by molar-refractivity contribution is 6.30. The maximum Gasteiger partial charge on any atom is 0.251 e. The second kappa shape index (κ2) is 6.12. The average Bonchev–Trinajstić information content (AvgIpc) is 2.93. The summed E-state index contributed by atoms with van der Waals surface area (Å²) in [4.78, 5) is 14.5. The molecule has 1 aromatic rings. The zero-order chi connectivity index (χ0) is 13.9. The molecule has 2 aliphatic rings. The van der Waals surface area contributed by atoms with Crippen molar-refractivity contribution in [1.29, 1.82) is 0 Å². The molecule has 0 aliphatic carbocycles. The highest BCUT2D eigenvalue weighted by Gasteiger charge is 2.32. The van der Waals surface area contributed by atoms with E-state index in [4.69, 9.17) is 16.3 Å². The van der Waals surface area contributed by atoms with Gasteiger partial charge in [-0.2, -0.15) is 0 Å². The predicted octanol–water partition coefficient (Wildman–Crippen LogP) is 1.93. The molecule has 108 valence electrons. The minimum Gasteiger partial charge on any atom is -0.373 e. The molecule has 20 heavy (non-hydrogen) atoms. The number of nitrogens with zero attached hydrogens (tertiary/aromatic N) is 1. The first-order valence-electron chi connectivity index (χ1n) is 7.12. The minimum absolute atomic E-state index is 0.0752. The van der Waals surface area contributed by atoms with Crippen LogP contribution in [0.2, 0.25) is 5.02 Å². The van der Waals surface area contributed by atoms with Crippen LogP contribution in [0.5, 0.6) is 0 Å². The lowest BCUT2D eigenvalue weighted by Gasteiger charge is -2.35. The number of benzene rings is 1. The summed E-state index contributed by atoms with van der Waals surface area (Å²) in [6.07, 6.45) is 2.60. The third-order valence-corrected chi connectivity index (χ3v) is 4.31. The first kappa shape index (κ1) is 13.9. The number of carbonyl (C=O) groups is 1. The molecule has 2 saturated heterocycles. The molecular formula is C15H19ClN2O2. The van der Waals surface area contributed by atoms with Gasteiger partial charge in [0.25, 0.3) is 5.91 Å². The molecule has 0 aromatic heterocycles. The number of halogens is 1. The highest BCUT2D eigenvalue weighted by Crippen LogP contribution is 2.22. The molecule has 0 unspecified atom stereocenters. The summed E-state index contributed by atoms with van der Waals surface area (Å²) in [5.41, 5.74) is 0.629. The first-order valence-corrected chi connectivity index (χ1v) is 7.49. The van der Waals surface area contributed by atoms with Crippen molar-refractivity contribution in [3.63, 3.8) is 0 Å². The molecule has 1 N–H and O–H groups in total. The van der Waals surface area contributed by atoms with E-state index in [1.807, 2.05) is 0 Å². The summed E-state index contributed by atoms with van der Waals surface area (Å²) in [5, 5.41) is 3.57. The lowest BCUT2D eigenvalue weighted by molar-refractivity contribution is -0.0461. The van der Waals surface area contributed by atoms with Gasteiger partial charge in [0.1, 0.15) is 0 Å². The van der Waals surface area contributed by atoms with Gasteiger partial charge in [0.05, 0.1) is 12.7 Å². The Morgan fingerprint density at radius 3 is 3.00 bits per heavy atom. The van der Waals surface area contributed by atoms with Crippen LogP contribution in [0.3, 0.4) is 0 Å². The van der Waals surface area contributed by atoms with Crippen molar-refractivity contribution in [1.82, 2.24) is 10.2 Å². The summed E-state index contributed by atoms with van der Waals surface area (Å²) in [5.74, 6) is -0.0752. The molecule has 0 bridgehead atoms. The van der Waals surface area contributed by atoms with Crippen LogP contribution in [-0.4, -0.2) is 49.2 Å². The van der Waals surface area contributed by atoms with E-state index >= 15 is 0 Å². The van der Waals surface area contributed by atoms with Crippen LogP contribution in [0.1, 0.15) is 23.2 Å². The monoisotopic (exact) mass is 294 g/mol. The third-order valence-electron chi connectivity index (χ3n) is 4.06. The molecule has 0 spiro atoms. The number of fused-ring (bicyclic) bond motifs is 1. The normalized spacial score (nSPS) is 26.2. The van der Waals surface area contributed by atoms with Gasteiger partial charge < -0.3 is 10.1 Å². The largest absolute Gasteiger partial charge is 0.373 e. The average molecular weight is 295 g/mol. The number of carbonyl (C=O) groups excluding carboxylic acids is 1. The van der Waals surface area contributed by atoms with Crippen molar-refractivity contribution in [3.8, 4) is 0 Å². The molecule has 4 nitrogen and oxygen atoms in total. The summed E-state index contributed by atoms with van der Waals surface area (Å²) in [7, 11) is 0. The fraction of sp³-hybridized carbons (Fsp3) is 0.533. The first-order chi connectivity index (χ1) is 9.72. The number of rotatable bonds is 3. The standard InChI is InChI=1S/C15H19ClN2O2/c16-12-5-3-11(4-6-12)15(19)17-8-14-9-18-7-1-2-13(18)10-20-14/h3-6,13-14H,1-2,7-10H2,(H,17,19)/t13-,14-/m1/s1. The number of nitrogens with one attached hydrogen (secondary N) is 1. The van der Waals surface area contributed by atoms with Crippen molar-refractivity contribution in [3.05, 3.63) is 34.9 Å². The Morgan fingerprint density at radius 1 is 1.40 bits per heavy atom. The lowest BCUT2D eigenvalue weighted by atomic mass is 10.1. The van der Waals surface area contributed by atoms with Crippen LogP contribution in [0.25, 0.3) is 0 Å². The Bertz CT molecular complexity index is 477. The van der Waals surface area contributed by atoms with Crippen molar-refractivity contribution in [2.24, 2.45) is 0 Å². The van der Waals surface area contributed by atoms with Crippen LogP contribution in [0, 0.1) is 0 Å². The van der Waals surface area contributed by atoms with E-state index in [0.717, 1.165) is 19.7 Å².